The standard InChI is InChI=1S/C18H35NO/c1-16(2,3)13-10-8-9-11-14(13)19-15-12-17(4,5)20-18(15,6)7/h13-15,19H,8-12H2,1-7H3. The van der Waals surface area contributed by atoms with E-state index in [4.69, 9.17) is 4.74 Å². The fraction of sp³-hybridized carbons (Fsp3) is 1.00. The van der Waals surface area contributed by atoms with Crippen LogP contribution in [0.3, 0.4) is 0 Å². The lowest BCUT2D eigenvalue weighted by Gasteiger charge is -2.43. The quantitative estimate of drug-likeness (QED) is 0.803. The van der Waals surface area contributed by atoms with Crippen molar-refractivity contribution in [2.24, 2.45) is 11.3 Å². The molecule has 1 saturated heterocycles. The summed E-state index contributed by atoms with van der Waals surface area (Å²) in [4.78, 5) is 0. The highest BCUT2D eigenvalue weighted by Gasteiger charge is 2.47. The molecule has 0 bridgehead atoms. The molecule has 1 N–H and O–H groups in total. The van der Waals surface area contributed by atoms with Gasteiger partial charge in [0.1, 0.15) is 0 Å². The van der Waals surface area contributed by atoms with Gasteiger partial charge in [-0.05, 0) is 58.3 Å². The molecule has 118 valence electrons. The van der Waals surface area contributed by atoms with E-state index < -0.39 is 0 Å². The third kappa shape index (κ3) is 3.57. The van der Waals surface area contributed by atoms with E-state index in [0.29, 0.717) is 17.5 Å². The zero-order valence-electron chi connectivity index (χ0n) is 14.7. The Morgan fingerprint density at radius 2 is 1.60 bits per heavy atom. The summed E-state index contributed by atoms with van der Waals surface area (Å²) in [5.74, 6) is 0.788. The van der Waals surface area contributed by atoms with E-state index in [2.05, 4.69) is 53.8 Å². The highest BCUT2D eigenvalue weighted by molar-refractivity contribution is 5.01. The van der Waals surface area contributed by atoms with Crippen LogP contribution < -0.4 is 5.32 Å². The SMILES string of the molecule is CC1(C)CC(NC2CCCCC2C(C)(C)C)C(C)(C)O1. The lowest BCUT2D eigenvalue weighted by molar-refractivity contribution is -0.0717. The van der Waals surface area contributed by atoms with E-state index in [1.165, 1.54) is 25.7 Å². The van der Waals surface area contributed by atoms with Gasteiger partial charge in [-0.25, -0.2) is 0 Å². The molecule has 20 heavy (non-hydrogen) atoms. The molecule has 3 atom stereocenters. The van der Waals surface area contributed by atoms with Crippen LogP contribution in [-0.2, 0) is 4.74 Å². The number of hydrogen-bond donors (Lipinski definition) is 1. The predicted octanol–water partition coefficient (Wildman–Crippen LogP) is 4.53. The molecule has 1 aliphatic carbocycles. The third-order valence-corrected chi connectivity index (χ3v) is 5.37. The molecule has 0 spiro atoms. The Balaban J connectivity index is 2.08. The lowest BCUT2D eigenvalue weighted by Crippen LogP contribution is -2.53. The van der Waals surface area contributed by atoms with Crippen molar-refractivity contribution in [1.29, 1.82) is 0 Å². The van der Waals surface area contributed by atoms with Crippen molar-refractivity contribution in [2.75, 3.05) is 0 Å². The first kappa shape index (κ1) is 16.3. The molecule has 0 aromatic heterocycles. The molecule has 1 aliphatic heterocycles. The van der Waals surface area contributed by atoms with E-state index in [1.54, 1.807) is 0 Å². The van der Waals surface area contributed by atoms with Crippen molar-refractivity contribution >= 4 is 0 Å². The fourth-order valence-corrected chi connectivity index (χ4v) is 4.45. The molecule has 0 aromatic rings. The van der Waals surface area contributed by atoms with Gasteiger partial charge in [0, 0.05) is 12.1 Å². The fourth-order valence-electron chi connectivity index (χ4n) is 4.45. The van der Waals surface area contributed by atoms with E-state index in [9.17, 15) is 0 Å². The average Bonchev–Trinajstić information content (AvgIpc) is 2.45. The van der Waals surface area contributed by atoms with E-state index in [0.717, 1.165) is 12.3 Å². The molecule has 1 saturated carbocycles. The van der Waals surface area contributed by atoms with Crippen molar-refractivity contribution in [2.45, 2.75) is 104 Å². The molecule has 2 rings (SSSR count). The minimum absolute atomic E-state index is 0.00701. The second-order valence-electron chi connectivity index (χ2n) is 9.25. The summed E-state index contributed by atoms with van der Waals surface area (Å²) in [6.45, 7) is 16.1. The van der Waals surface area contributed by atoms with Gasteiger partial charge in [0.15, 0.2) is 0 Å². The lowest BCUT2D eigenvalue weighted by atomic mass is 9.69. The number of hydrogen-bond acceptors (Lipinski definition) is 2. The largest absolute Gasteiger partial charge is 0.368 e. The molecule has 0 radical (unpaired) electrons. The Kier molecular flexibility index (Phi) is 4.30. The molecule has 1 heterocycles. The van der Waals surface area contributed by atoms with Crippen LogP contribution in [0.4, 0.5) is 0 Å². The summed E-state index contributed by atoms with van der Waals surface area (Å²) < 4.78 is 6.25. The molecule has 2 aliphatic rings. The van der Waals surface area contributed by atoms with E-state index in [1.807, 2.05) is 0 Å². The summed E-state index contributed by atoms with van der Waals surface area (Å²) in [7, 11) is 0. The van der Waals surface area contributed by atoms with Gasteiger partial charge in [0.05, 0.1) is 11.2 Å². The first-order chi connectivity index (χ1) is 9.01. The van der Waals surface area contributed by atoms with Crippen LogP contribution in [0.1, 0.15) is 80.6 Å². The predicted molar refractivity (Wildman–Crippen MR) is 86.0 cm³/mol. The second kappa shape index (κ2) is 5.28. The third-order valence-electron chi connectivity index (χ3n) is 5.37. The minimum atomic E-state index is -0.0522. The molecular formula is C18H35NO. The Hall–Kier alpha value is -0.0800. The highest BCUT2D eigenvalue weighted by Crippen LogP contribution is 2.41. The van der Waals surface area contributed by atoms with Gasteiger partial charge in [0.2, 0.25) is 0 Å². The van der Waals surface area contributed by atoms with Crippen molar-refractivity contribution in [3.8, 4) is 0 Å². The Morgan fingerprint density at radius 3 is 2.10 bits per heavy atom. The van der Waals surface area contributed by atoms with Gasteiger partial charge < -0.3 is 10.1 Å². The van der Waals surface area contributed by atoms with Crippen LogP contribution in [-0.4, -0.2) is 23.3 Å². The van der Waals surface area contributed by atoms with Crippen molar-refractivity contribution < 1.29 is 4.74 Å². The Bertz CT molecular complexity index is 340. The topological polar surface area (TPSA) is 21.3 Å². The molecule has 2 nitrogen and oxygen atoms in total. The van der Waals surface area contributed by atoms with Crippen LogP contribution in [0, 0.1) is 11.3 Å². The van der Waals surface area contributed by atoms with Crippen molar-refractivity contribution in [1.82, 2.24) is 5.32 Å². The smallest absolute Gasteiger partial charge is 0.0787 e. The maximum atomic E-state index is 6.25. The van der Waals surface area contributed by atoms with Gasteiger partial charge in [-0.1, -0.05) is 33.6 Å². The average molecular weight is 281 g/mol. The summed E-state index contributed by atoms with van der Waals surface area (Å²) in [5, 5.41) is 4.00. The van der Waals surface area contributed by atoms with Gasteiger partial charge in [-0.3, -0.25) is 0 Å². The van der Waals surface area contributed by atoms with Crippen LogP contribution in [0.15, 0.2) is 0 Å². The van der Waals surface area contributed by atoms with Crippen LogP contribution >= 0.6 is 0 Å². The summed E-state index contributed by atoms with van der Waals surface area (Å²) in [6, 6.07) is 1.14. The van der Waals surface area contributed by atoms with Gasteiger partial charge in [-0.15, -0.1) is 0 Å². The molecule has 3 unspecified atom stereocenters. The minimum Gasteiger partial charge on any atom is -0.368 e. The van der Waals surface area contributed by atoms with Gasteiger partial charge >= 0.3 is 0 Å². The first-order valence-corrected chi connectivity index (χ1v) is 8.47. The summed E-state index contributed by atoms with van der Waals surface area (Å²) in [6.07, 6.45) is 6.60. The summed E-state index contributed by atoms with van der Waals surface area (Å²) >= 11 is 0. The van der Waals surface area contributed by atoms with E-state index in [-0.39, 0.29) is 11.2 Å². The van der Waals surface area contributed by atoms with Crippen molar-refractivity contribution in [3.63, 3.8) is 0 Å². The molecule has 0 amide bonds. The number of rotatable bonds is 2. The van der Waals surface area contributed by atoms with Crippen LogP contribution in [0.25, 0.3) is 0 Å². The molecule has 0 aromatic carbocycles. The molecule has 2 fully saturated rings. The van der Waals surface area contributed by atoms with Crippen LogP contribution in [0.2, 0.25) is 0 Å². The first-order valence-electron chi connectivity index (χ1n) is 8.47. The Labute approximate surface area is 126 Å². The zero-order chi connectivity index (χ0) is 15.2. The van der Waals surface area contributed by atoms with Crippen LogP contribution in [0.5, 0.6) is 0 Å². The maximum Gasteiger partial charge on any atom is 0.0787 e. The maximum absolute atomic E-state index is 6.25. The van der Waals surface area contributed by atoms with Gasteiger partial charge in [0.25, 0.3) is 0 Å². The van der Waals surface area contributed by atoms with E-state index >= 15 is 0 Å². The Morgan fingerprint density at radius 1 is 1.00 bits per heavy atom. The molecular weight excluding hydrogens is 246 g/mol. The zero-order valence-corrected chi connectivity index (χ0v) is 14.7. The van der Waals surface area contributed by atoms with Crippen molar-refractivity contribution in [3.05, 3.63) is 0 Å². The normalized spacial score (nSPS) is 37.0. The van der Waals surface area contributed by atoms with Gasteiger partial charge in [-0.2, -0.15) is 0 Å². The number of nitrogens with one attached hydrogen (secondary N) is 1. The number of ether oxygens (including phenoxy) is 1. The highest BCUT2D eigenvalue weighted by atomic mass is 16.5. The summed E-state index contributed by atoms with van der Waals surface area (Å²) in [5.41, 5.74) is 0.355. The monoisotopic (exact) mass is 281 g/mol. The second-order valence-corrected chi connectivity index (χ2v) is 9.25. The molecule has 2 heteroatoms.